The summed E-state index contributed by atoms with van der Waals surface area (Å²) in [5.41, 5.74) is 1.41. The van der Waals surface area contributed by atoms with Crippen LogP contribution >= 0.6 is 0 Å². The first kappa shape index (κ1) is 14.9. The molecule has 0 atom stereocenters. The number of hydrogen-bond donors (Lipinski definition) is 1. The van der Waals surface area contributed by atoms with E-state index in [1.807, 2.05) is 0 Å². The fraction of sp³-hybridized carbons (Fsp3) is 0.0588. The van der Waals surface area contributed by atoms with Gasteiger partial charge in [-0.2, -0.15) is 0 Å². The summed E-state index contributed by atoms with van der Waals surface area (Å²) in [4.78, 5) is 16.3. The molecule has 0 fully saturated rings. The Morgan fingerprint density at radius 2 is 2.00 bits per heavy atom. The van der Waals surface area contributed by atoms with Crippen molar-refractivity contribution in [3.8, 4) is 11.5 Å². The lowest BCUT2D eigenvalue weighted by molar-refractivity contribution is 0.0950. The molecule has 1 amide bonds. The van der Waals surface area contributed by atoms with Gasteiger partial charge in [-0.15, -0.1) is 0 Å². The zero-order valence-corrected chi connectivity index (χ0v) is 11.9. The van der Waals surface area contributed by atoms with Crippen LogP contribution in [-0.2, 0) is 6.54 Å². The molecule has 2 heterocycles. The molecular formula is C17H12F2N2O2. The van der Waals surface area contributed by atoms with E-state index in [0.29, 0.717) is 11.5 Å². The number of carbonyl (C=O) groups excluding carboxylic acids is 1. The second-order valence-corrected chi connectivity index (χ2v) is 4.80. The van der Waals surface area contributed by atoms with E-state index < -0.39 is 17.5 Å². The van der Waals surface area contributed by atoms with Gasteiger partial charge in [-0.25, -0.2) is 8.78 Å². The summed E-state index contributed by atoms with van der Waals surface area (Å²) in [5.74, 6) is -1.97. The molecule has 1 aromatic carbocycles. The minimum absolute atomic E-state index is 0.0485. The summed E-state index contributed by atoms with van der Waals surface area (Å²) >= 11 is 0. The third-order valence-electron chi connectivity index (χ3n) is 3.27. The molecule has 23 heavy (non-hydrogen) atoms. The van der Waals surface area contributed by atoms with Crippen LogP contribution in [0, 0.1) is 11.6 Å². The van der Waals surface area contributed by atoms with Crippen molar-refractivity contribution in [1.29, 1.82) is 0 Å². The number of halogens is 2. The lowest BCUT2D eigenvalue weighted by Gasteiger charge is -2.08. The molecular weight excluding hydrogens is 302 g/mol. The van der Waals surface area contributed by atoms with E-state index in [-0.39, 0.29) is 12.1 Å². The van der Waals surface area contributed by atoms with Crippen molar-refractivity contribution in [3.63, 3.8) is 0 Å². The number of pyridine rings is 1. The van der Waals surface area contributed by atoms with Crippen LogP contribution in [0.25, 0.3) is 11.5 Å². The average Bonchev–Trinajstić information content (AvgIpc) is 3.10. The van der Waals surface area contributed by atoms with Crippen LogP contribution in [0.1, 0.15) is 15.9 Å². The van der Waals surface area contributed by atoms with Crippen LogP contribution in [0.5, 0.6) is 0 Å². The summed E-state index contributed by atoms with van der Waals surface area (Å²) in [6, 6.07) is 10.1. The molecule has 1 N–H and O–H groups in total. The van der Waals surface area contributed by atoms with Gasteiger partial charge in [0.2, 0.25) is 0 Å². The molecule has 0 radical (unpaired) electrons. The second kappa shape index (κ2) is 6.39. The van der Waals surface area contributed by atoms with Gasteiger partial charge in [0.25, 0.3) is 5.91 Å². The molecule has 6 heteroatoms. The first-order valence-electron chi connectivity index (χ1n) is 6.86. The maximum atomic E-state index is 13.2. The molecule has 0 saturated heterocycles. The van der Waals surface area contributed by atoms with Gasteiger partial charge in [0.15, 0.2) is 17.4 Å². The zero-order chi connectivity index (χ0) is 16.2. The van der Waals surface area contributed by atoms with Gasteiger partial charge in [-0.3, -0.25) is 9.78 Å². The topological polar surface area (TPSA) is 55.1 Å². The Hall–Kier alpha value is -3.02. The maximum Gasteiger partial charge on any atom is 0.251 e. The van der Waals surface area contributed by atoms with Crippen molar-refractivity contribution in [3.05, 3.63) is 77.7 Å². The van der Waals surface area contributed by atoms with E-state index >= 15 is 0 Å². The maximum absolute atomic E-state index is 13.2. The van der Waals surface area contributed by atoms with Crippen molar-refractivity contribution < 1.29 is 18.0 Å². The smallest absolute Gasteiger partial charge is 0.251 e. The van der Waals surface area contributed by atoms with E-state index in [0.717, 1.165) is 17.7 Å². The summed E-state index contributed by atoms with van der Waals surface area (Å²) < 4.78 is 31.4. The SMILES string of the molecule is O=C(NCc1cccnc1-c1ccco1)c1ccc(F)c(F)c1. The summed E-state index contributed by atoms with van der Waals surface area (Å²) in [7, 11) is 0. The van der Waals surface area contributed by atoms with Gasteiger partial charge in [0.05, 0.1) is 6.26 Å². The lowest BCUT2D eigenvalue weighted by atomic mass is 10.1. The number of rotatable bonds is 4. The summed E-state index contributed by atoms with van der Waals surface area (Å²) in [6.45, 7) is 0.182. The van der Waals surface area contributed by atoms with Gasteiger partial charge in [-0.1, -0.05) is 6.07 Å². The van der Waals surface area contributed by atoms with Crippen LogP contribution in [0.2, 0.25) is 0 Å². The Morgan fingerprint density at radius 3 is 2.74 bits per heavy atom. The predicted octanol–water partition coefficient (Wildman–Crippen LogP) is 3.55. The van der Waals surface area contributed by atoms with Gasteiger partial charge in [0, 0.05) is 23.9 Å². The van der Waals surface area contributed by atoms with Gasteiger partial charge < -0.3 is 9.73 Å². The van der Waals surface area contributed by atoms with E-state index in [4.69, 9.17) is 4.42 Å². The molecule has 0 aliphatic heterocycles. The second-order valence-electron chi connectivity index (χ2n) is 4.80. The van der Waals surface area contributed by atoms with E-state index in [1.165, 1.54) is 12.3 Å². The number of aromatic nitrogens is 1. The highest BCUT2D eigenvalue weighted by Crippen LogP contribution is 2.21. The molecule has 3 aromatic rings. The normalized spacial score (nSPS) is 10.5. The standard InChI is InChI=1S/C17H12F2N2O2/c18-13-6-5-11(9-14(13)19)17(22)21-10-12-3-1-7-20-16(12)15-4-2-8-23-15/h1-9H,10H2,(H,21,22). The molecule has 0 saturated carbocycles. The Labute approximate surface area is 130 Å². The number of carbonyl (C=O) groups is 1. The Balaban J connectivity index is 1.76. The number of benzene rings is 1. The number of furan rings is 1. The zero-order valence-electron chi connectivity index (χ0n) is 11.9. The highest BCUT2D eigenvalue weighted by Gasteiger charge is 2.12. The lowest BCUT2D eigenvalue weighted by Crippen LogP contribution is -2.23. The first-order chi connectivity index (χ1) is 11.1. The van der Waals surface area contributed by atoms with Crippen LogP contribution in [0.15, 0.2) is 59.3 Å². The van der Waals surface area contributed by atoms with Crippen molar-refractivity contribution in [2.75, 3.05) is 0 Å². The highest BCUT2D eigenvalue weighted by molar-refractivity contribution is 5.94. The minimum Gasteiger partial charge on any atom is -0.463 e. The molecule has 0 spiro atoms. The van der Waals surface area contributed by atoms with Crippen molar-refractivity contribution in [1.82, 2.24) is 10.3 Å². The summed E-state index contributed by atoms with van der Waals surface area (Å²) in [6.07, 6.45) is 3.16. The van der Waals surface area contributed by atoms with Crippen molar-refractivity contribution in [2.45, 2.75) is 6.54 Å². The molecule has 0 bridgehead atoms. The number of amides is 1. The molecule has 0 aliphatic carbocycles. The number of nitrogens with one attached hydrogen (secondary N) is 1. The van der Waals surface area contributed by atoms with E-state index in [2.05, 4.69) is 10.3 Å². The quantitative estimate of drug-likeness (QED) is 0.801. The van der Waals surface area contributed by atoms with Crippen LogP contribution in [0.4, 0.5) is 8.78 Å². The van der Waals surface area contributed by atoms with Crippen LogP contribution in [0.3, 0.4) is 0 Å². The molecule has 4 nitrogen and oxygen atoms in total. The summed E-state index contributed by atoms with van der Waals surface area (Å²) in [5, 5.41) is 2.65. The van der Waals surface area contributed by atoms with Crippen molar-refractivity contribution >= 4 is 5.91 Å². The van der Waals surface area contributed by atoms with Crippen LogP contribution in [-0.4, -0.2) is 10.9 Å². The minimum atomic E-state index is -1.06. The third-order valence-corrected chi connectivity index (χ3v) is 3.27. The Kier molecular flexibility index (Phi) is 4.14. The molecule has 0 aliphatic rings. The molecule has 116 valence electrons. The van der Waals surface area contributed by atoms with Crippen molar-refractivity contribution in [2.24, 2.45) is 0 Å². The molecule has 3 rings (SSSR count). The number of nitrogens with zero attached hydrogens (tertiary/aromatic N) is 1. The Bertz CT molecular complexity index is 832. The Morgan fingerprint density at radius 1 is 1.13 bits per heavy atom. The van der Waals surface area contributed by atoms with Crippen LogP contribution < -0.4 is 5.32 Å². The molecule has 0 unspecified atom stereocenters. The third kappa shape index (κ3) is 3.26. The molecule has 2 aromatic heterocycles. The fourth-order valence-corrected chi connectivity index (χ4v) is 2.13. The number of hydrogen-bond acceptors (Lipinski definition) is 3. The van der Waals surface area contributed by atoms with Gasteiger partial charge in [-0.05, 0) is 36.4 Å². The average molecular weight is 314 g/mol. The monoisotopic (exact) mass is 314 g/mol. The van der Waals surface area contributed by atoms with E-state index in [1.54, 1.807) is 30.5 Å². The first-order valence-corrected chi connectivity index (χ1v) is 6.86. The largest absolute Gasteiger partial charge is 0.463 e. The highest BCUT2D eigenvalue weighted by atomic mass is 19.2. The predicted molar refractivity (Wildman–Crippen MR) is 79.5 cm³/mol. The fourth-order valence-electron chi connectivity index (χ4n) is 2.13. The van der Waals surface area contributed by atoms with E-state index in [9.17, 15) is 13.6 Å². The van der Waals surface area contributed by atoms with Gasteiger partial charge in [0.1, 0.15) is 5.69 Å². The van der Waals surface area contributed by atoms with Gasteiger partial charge >= 0.3 is 0 Å².